The Hall–Kier alpha value is -0.770. The molecule has 1 rings (SSSR count). The zero-order valence-electron chi connectivity index (χ0n) is 9.91. The fourth-order valence-electron chi connectivity index (χ4n) is 1.79. The van der Waals surface area contributed by atoms with Gasteiger partial charge in [-0.3, -0.25) is 9.59 Å². The molecule has 0 aliphatic carbocycles. The number of halogens is 1. The minimum Gasteiger partial charge on any atom is -0.341 e. The first-order valence-electron chi connectivity index (χ1n) is 5.65. The quantitative estimate of drug-likeness (QED) is 0.693. The summed E-state index contributed by atoms with van der Waals surface area (Å²) in [6, 6.07) is 0. The average Bonchev–Trinajstić information content (AvgIpc) is 2.80. The number of hydrogen-bond donors (Lipinski definition) is 0. The molecule has 1 fully saturated rings. The van der Waals surface area contributed by atoms with Gasteiger partial charge in [-0.1, -0.05) is 6.92 Å². The maximum absolute atomic E-state index is 11.8. The summed E-state index contributed by atoms with van der Waals surface area (Å²) in [7, 11) is 1.65. The van der Waals surface area contributed by atoms with Gasteiger partial charge in [0.25, 0.3) is 0 Å². The molecular weight excluding hydrogens is 228 g/mol. The molecule has 0 radical (unpaired) electrons. The normalized spacial score (nSPS) is 17.3. The molecule has 16 heavy (non-hydrogen) atoms. The van der Waals surface area contributed by atoms with E-state index in [0.717, 1.165) is 25.9 Å². The molecule has 4 nitrogen and oxygen atoms in total. The molecule has 1 heterocycles. The molecule has 2 amide bonds. The minimum absolute atomic E-state index is 0.0372. The fraction of sp³-hybridized carbons (Fsp3) is 0.818. The molecule has 1 aliphatic heterocycles. The van der Waals surface area contributed by atoms with Crippen LogP contribution in [0.5, 0.6) is 0 Å². The number of amides is 2. The molecule has 5 heteroatoms. The number of rotatable bonds is 4. The Morgan fingerprint density at radius 2 is 1.94 bits per heavy atom. The van der Waals surface area contributed by atoms with Crippen molar-refractivity contribution in [1.82, 2.24) is 9.80 Å². The molecule has 0 aromatic carbocycles. The van der Waals surface area contributed by atoms with Gasteiger partial charge in [0.2, 0.25) is 11.8 Å². The van der Waals surface area contributed by atoms with Gasteiger partial charge in [0.1, 0.15) is 0 Å². The molecule has 0 saturated carbocycles. The largest absolute Gasteiger partial charge is 0.341 e. The Bertz CT molecular complexity index is 265. The van der Waals surface area contributed by atoms with Crippen LogP contribution >= 0.6 is 11.6 Å². The number of hydrogen-bond acceptors (Lipinski definition) is 2. The zero-order valence-corrected chi connectivity index (χ0v) is 10.7. The maximum atomic E-state index is 11.8. The van der Waals surface area contributed by atoms with Crippen molar-refractivity contribution in [3.8, 4) is 0 Å². The van der Waals surface area contributed by atoms with Crippen LogP contribution in [0, 0.1) is 5.92 Å². The third kappa shape index (κ3) is 3.37. The lowest BCUT2D eigenvalue weighted by atomic mass is 10.2. The van der Waals surface area contributed by atoms with Gasteiger partial charge < -0.3 is 9.80 Å². The van der Waals surface area contributed by atoms with E-state index in [9.17, 15) is 9.59 Å². The van der Waals surface area contributed by atoms with Gasteiger partial charge in [-0.2, -0.15) is 0 Å². The first-order chi connectivity index (χ1) is 7.56. The molecule has 0 bridgehead atoms. The lowest BCUT2D eigenvalue weighted by Gasteiger charge is -2.23. The molecule has 0 aromatic rings. The van der Waals surface area contributed by atoms with E-state index in [1.165, 1.54) is 4.90 Å². The van der Waals surface area contributed by atoms with Crippen molar-refractivity contribution in [3.05, 3.63) is 0 Å². The SMILES string of the molecule is CC(CCl)C(=O)N(C)CC(=O)N1CCCC1. The van der Waals surface area contributed by atoms with E-state index in [2.05, 4.69) is 0 Å². The summed E-state index contributed by atoms with van der Waals surface area (Å²) in [4.78, 5) is 26.7. The van der Waals surface area contributed by atoms with Gasteiger partial charge in [-0.15, -0.1) is 11.6 Å². The Labute approximate surface area is 102 Å². The van der Waals surface area contributed by atoms with Crippen LogP contribution < -0.4 is 0 Å². The summed E-state index contributed by atoms with van der Waals surface area (Å²) >= 11 is 5.61. The Kier molecular flexibility index (Phi) is 5.06. The summed E-state index contributed by atoms with van der Waals surface area (Å²) in [5.74, 6) is 0.0388. The number of alkyl halides is 1. The van der Waals surface area contributed by atoms with Gasteiger partial charge in [0.15, 0.2) is 0 Å². The van der Waals surface area contributed by atoms with Crippen molar-refractivity contribution >= 4 is 23.4 Å². The van der Waals surface area contributed by atoms with Crippen molar-refractivity contribution in [2.45, 2.75) is 19.8 Å². The summed E-state index contributed by atoms with van der Waals surface area (Å²) in [6.45, 7) is 3.59. The van der Waals surface area contributed by atoms with Crippen LogP contribution in [0.3, 0.4) is 0 Å². The lowest BCUT2D eigenvalue weighted by molar-refractivity contribution is -0.140. The Balaban J connectivity index is 2.40. The van der Waals surface area contributed by atoms with Gasteiger partial charge >= 0.3 is 0 Å². The summed E-state index contributed by atoms with van der Waals surface area (Å²) < 4.78 is 0. The summed E-state index contributed by atoms with van der Waals surface area (Å²) in [6.07, 6.45) is 2.14. The van der Waals surface area contributed by atoms with E-state index in [1.807, 2.05) is 4.90 Å². The van der Waals surface area contributed by atoms with E-state index in [1.54, 1.807) is 14.0 Å². The molecule has 92 valence electrons. The molecule has 1 saturated heterocycles. The van der Waals surface area contributed by atoms with Gasteiger partial charge in [-0.05, 0) is 12.8 Å². The topological polar surface area (TPSA) is 40.6 Å². The van der Waals surface area contributed by atoms with E-state index in [-0.39, 0.29) is 24.3 Å². The number of carbonyl (C=O) groups excluding carboxylic acids is 2. The number of carbonyl (C=O) groups is 2. The van der Waals surface area contributed by atoms with Crippen LogP contribution in [0.25, 0.3) is 0 Å². The predicted octanol–water partition coefficient (Wildman–Crippen LogP) is 0.942. The smallest absolute Gasteiger partial charge is 0.242 e. The van der Waals surface area contributed by atoms with Crippen molar-refractivity contribution in [3.63, 3.8) is 0 Å². The molecule has 0 aromatic heterocycles. The number of likely N-dealkylation sites (tertiary alicyclic amines) is 1. The van der Waals surface area contributed by atoms with Gasteiger partial charge in [-0.25, -0.2) is 0 Å². The molecule has 0 spiro atoms. The number of likely N-dealkylation sites (N-methyl/N-ethyl adjacent to an activating group) is 1. The Morgan fingerprint density at radius 1 is 1.38 bits per heavy atom. The highest BCUT2D eigenvalue weighted by atomic mass is 35.5. The molecular formula is C11H19ClN2O2. The monoisotopic (exact) mass is 246 g/mol. The van der Waals surface area contributed by atoms with Crippen molar-refractivity contribution < 1.29 is 9.59 Å². The van der Waals surface area contributed by atoms with Crippen LogP contribution in [0.15, 0.2) is 0 Å². The van der Waals surface area contributed by atoms with Crippen molar-refractivity contribution in [1.29, 1.82) is 0 Å². The first-order valence-corrected chi connectivity index (χ1v) is 6.18. The lowest BCUT2D eigenvalue weighted by Crippen LogP contribution is -2.41. The van der Waals surface area contributed by atoms with E-state index >= 15 is 0 Å². The van der Waals surface area contributed by atoms with Crippen molar-refractivity contribution in [2.24, 2.45) is 5.92 Å². The summed E-state index contributed by atoms with van der Waals surface area (Å²) in [5.41, 5.74) is 0. The second-order valence-corrected chi connectivity index (χ2v) is 4.65. The predicted molar refractivity (Wildman–Crippen MR) is 63.3 cm³/mol. The highest BCUT2D eigenvalue weighted by Gasteiger charge is 2.23. The highest BCUT2D eigenvalue weighted by molar-refractivity contribution is 6.19. The molecule has 1 atom stereocenters. The fourth-order valence-corrected chi connectivity index (χ4v) is 1.92. The highest BCUT2D eigenvalue weighted by Crippen LogP contribution is 2.09. The third-order valence-corrected chi connectivity index (χ3v) is 3.32. The first kappa shape index (κ1) is 13.3. The standard InChI is InChI=1S/C11H19ClN2O2/c1-9(7-12)11(16)13(2)8-10(15)14-5-3-4-6-14/h9H,3-8H2,1-2H3. The maximum Gasteiger partial charge on any atom is 0.242 e. The van der Waals surface area contributed by atoms with Gasteiger partial charge in [0, 0.05) is 31.9 Å². The average molecular weight is 247 g/mol. The van der Waals surface area contributed by atoms with Crippen LogP contribution in [-0.2, 0) is 9.59 Å². The molecule has 0 N–H and O–H groups in total. The Morgan fingerprint density at radius 3 is 2.44 bits per heavy atom. The minimum atomic E-state index is -0.224. The number of nitrogens with zero attached hydrogens (tertiary/aromatic N) is 2. The van der Waals surface area contributed by atoms with E-state index in [4.69, 9.17) is 11.6 Å². The van der Waals surface area contributed by atoms with Crippen LogP contribution in [-0.4, -0.2) is 54.2 Å². The molecule has 1 aliphatic rings. The van der Waals surface area contributed by atoms with Crippen LogP contribution in [0.2, 0.25) is 0 Å². The second-order valence-electron chi connectivity index (χ2n) is 4.34. The summed E-state index contributed by atoms with van der Waals surface area (Å²) in [5, 5.41) is 0. The molecule has 1 unspecified atom stereocenters. The van der Waals surface area contributed by atoms with Gasteiger partial charge in [0.05, 0.1) is 6.54 Å². The van der Waals surface area contributed by atoms with Crippen LogP contribution in [0.4, 0.5) is 0 Å². The van der Waals surface area contributed by atoms with Crippen molar-refractivity contribution in [2.75, 3.05) is 32.6 Å². The third-order valence-electron chi connectivity index (χ3n) is 2.86. The zero-order chi connectivity index (χ0) is 12.1. The second kappa shape index (κ2) is 6.09. The van der Waals surface area contributed by atoms with E-state index < -0.39 is 0 Å². The van der Waals surface area contributed by atoms with Crippen LogP contribution in [0.1, 0.15) is 19.8 Å². The van der Waals surface area contributed by atoms with E-state index in [0.29, 0.717) is 5.88 Å².